The maximum absolute atomic E-state index is 3.65. The molecule has 2 heteroatoms. The Morgan fingerprint density at radius 1 is 1.22 bits per heavy atom. The minimum atomic E-state index is 0.206. The molecule has 18 heavy (non-hydrogen) atoms. The standard InChI is InChI=1S/C16H22N2/c1-10-6-11(2)15-12-9-17-16(3,4)8-14(12)18(5)13(15)7-10/h6-7,17H,8-9H2,1-5H3. The summed E-state index contributed by atoms with van der Waals surface area (Å²) in [4.78, 5) is 0. The van der Waals surface area contributed by atoms with E-state index in [-0.39, 0.29) is 5.54 Å². The lowest BCUT2D eigenvalue weighted by Crippen LogP contribution is -2.44. The van der Waals surface area contributed by atoms with Crippen LogP contribution in [0.3, 0.4) is 0 Å². The van der Waals surface area contributed by atoms with Gasteiger partial charge >= 0.3 is 0 Å². The van der Waals surface area contributed by atoms with Crippen molar-refractivity contribution in [3.63, 3.8) is 0 Å². The average Bonchev–Trinajstić information content (AvgIpc) is 2.52. The Labute approximate surface area is 109 Å². The molecule has 2 heterocycles. The monoisotopic (exact) mass is 242 g/mol. The summed E-state index contributed by atoms with van der Waals surface area (Å²) in [5.74, 6) is 0. The molecule has 0 aliphatic carbocycles. The summed E-state index contributed by atoms with van der Waals surface area (Å²) in [6, 6.07) is 4.61. The van der Waals surface area contributed by atoms with Gasteiger partial charge in [0.2, 0.25) is 0 Å². The van der Waals surface area contributed by atoms with Crippen LogP contribution in [-0.4, -0.2) is 10.1 Å². The van der Waals surface area contributed by atoms with Crippen molar-refractivity contribution in [3.8, 4) is 0 Å². The minimum Gasteiger partial charge on any atom is -0.347 e. The normalized spacial score (nSPS) is 18.1. The molecule has 0 atom stereocenters. The van der Waals surface area contributed by atoms with Crippen LogP contribution in [0.4, 0.5) is 0 Å². The van der Waals surface area contributed by atoms with E-state index in [0.29, 0.717) is 0 Å². The van der Waals surface area contributed by atoms with Gasteiger partial charge in [0, 0.05) is 42.1 Å². The third-order valence-electron chi connectivity index (χ3n) is 4.23. The van der Waals surface area contributed by atoms with Crippen molar-refractivity contribution >= 4 is 10.9 Å². The van der Waals surface area contributed by atoms with Crippen molar-refractivity contribution in [1.82, 2.24) is 9.88 Å². The molecule has 0 radical (unpaired) electrons. The van der Waals surface area contributed by atoms with Gasteiger partial charge in [-0.05, 0) is 50.5 Å². The van der Waals surface area contributed by atoms with Crippen LogP contribution in [0.15, 0.2) is 12.1 Å². The van der Waals surface area contributed by atoms with Crippen molar-refractivity contribution in [2.45, 2.75) is 46.2 Å². The number of nitrogens with one attached hydrogen (secondary N) is 1. The molecule has 0 saturated heterocycles. The zero-order chi connectivity index (χ0) is 13.1. The number of aryl methyl sites for hydroxylation is 3. The Bertz CT molecular complexity index is 632. The van der Waals surface area contributed by atoms with Gasteiger partial charge in [0.25, 0.3) is 0 Å². The van der Waals surface area contributed by atoms with Gasteiger partial charge in [-0.2, -0.15) is 0 Å². The SMILES string of the molecule is Cc1cc(C)c2c3c(n(C)c2c1)CC(C)(C)NC3. The summed E-state index contributed by atoms with van der Waals surface area (Å²) < 4.78 is 2.40. The lowest BCUT2D eigenvalue weighted by Gasteiger charge is -2.32. The molecule has 0 saturated carbocycles. The van der Waals surface area contributed by atoms with Gasteiger partial charge in [0.15, 0.2) is 0 Å². The Hall–Kier alpha value is -1.28. The molecule has 1 N–H and O–H groups in total. The molecule has 0 fully saturated rings. The van der Waals surface area contributed by atoms with E-state index >= 15 is 0 Å². The molecule has 96 valence electrons. The van der Waals surface area contributed by atoms with Crippen LogP contribution in [-0.2, 0) is 20.0 Å². The first kappa shape index (κ1) is 11.8. The summed E-state index contributed by atoms with van der Waals surface area (Å²) in [5, 5.41) is 5.11. The van der Waals surface area contributed by atoms with Crippen LogP contribution >= 0.6 is 0 Å². The van der Waals surface area contributed by atoms with E-state index in [4.69, 9.17) is 0 Å². The number of rotatable bonds is 0. The highest BCUT2D eigenvalue weighted by Crippen LogP contribution is 2.34. The fourth-order valence-electron chi connectivity index (χ4n) is 3.32. The molecule has 1 aliphatic heterocycles. The summed E-state index contributed by atoms with van der Waals surface area (Å²) in [7, 11) is 2.21. The molecular formula is C16H22N2. The van der Waals surface area contributed by atoms with Gasteiger partial charge in [-0.15, -0.1) is 0 Å². The molecule has 2 nitrogen and oxygen atoms in total. The second-order valence-electron chi connectivity index (χ2n) is 6.37. The second kappa shape index (κ2) is 3.61. The lowest BCUT2D eigenvalue weighted by molar-refractivity contribution is 0.356. The molecule has 1 aliphatic rings. The second-order valence-corrected chi connectivity index (χ2v) is 6.37. The average molecular weight is 242 g/mol. The van der Waals surface area contributed by atoms with E-state index in [1.165, 1.54) is 33.3 Å². The molecule has 3 rings (SSSR count). The predicted molar refractivity (Wildman–Crippen MR) is 77.0 cm³/mol. The first-order valence-electron chi connectivity index (χ1n) is 6.71. The van der Waals surface area contributed by atoms with Gasteiger partial charge in [-0.25, -0.2) is 0 Å². The van der Waals surface area contributed by atoms with Gasteiger partial charge < -0.3 is 9.88 Å². The third-order valence-corrected chi connectivity index (χ3v) is 4.23. The smallest absolute Gasteiger partial charge is 0.0488 e. The molecule has 1 aromatic carbocycles. The molecule has 0 spiro atoms. The van der Waals surface area contributed by atoms with Gasteiger partial charge in [0.05, 0.1) is 0 Å². The zero-order valence-electron chi connectivity index (χ0n) is 12.0. The number of hydrogen-bond donors (Lipinski definition) is 1. The maximum Gasteiger partial charge on any atom is 0.0488 e. The number of nitrogens with zero attached hydrogens (tertiary/aromatic N) is 1. The van der Waals surface area contributed by atoms with E-state index in [0.717, 1.165) is 13.0 Å². The molecule has 0 unspecified atom stereocenters. The summed E-state index contributed by atoms with van der Waals surface area (Å²) in [5.41, 5.74) is 7.36. The van der Waals surface area contributed by atoms with Crippen LogP contribution in [0.2, 0.25) is 0 Å². The molecule has 2 aromatic rings. The molecule has 1 aromatic heterocycles. The fraction of sp³-hybridized carbons (Fsp3) is 0.500. The van der Waals surface area contributed by atoms with Crippen LogP contribution in [0.25, 0.3) is 10.9 Å². The lowest BCUT2D eigenvalue weighted by atomic mass is 9.90. The highest BCUT2D eigenvalue weighted by atomic mass is 15.0. The Morgan fingerprint density at radius 2 is 1.94 bits per heavy atom. The first-order valence-corrected chi connectivity index (χ1v) is 6.71. The van der Waals surface area contributed by atoms with Crippen LogP contribution in [0.1, 0.15) is 36.2 Å². The van der Waals surface area contributed by atoms with Crippen molar-refractivity contribution in [2.24, 2.45) is 7.05 Å². The molecule has 0 bridgehead atoms. The van der Waals surface area contributed by atoms with E-state index in [1.54, 1.807) is 0 Å². The van der Waals surface area contributed by atoms with Gasteiger partial charge in [-0.3, -0.25) is 0 Å². The fourth-order valence-corrected chi connectivity index (χ4v) is 3.32. The van der Waals surface area contributed by atoms with Gasteiger partial charge in [0.1, 0.15) is 0 Å². The van der Waals surface area contributed by atoms with Crippen molar-refractivity contribution < 1.29 is 0 Å². The maximum atomic E-state index is 3.65. The van der Waals surface area contributed by atoms with Crippen molar-refractivity contribution in [2.75, 3.05) is 0 Å². The van der Waals surface area contributed by atoms with E-state index in [9.17, 15) is 0 Å². The van der Waals surface area contributed by atoms with Crippen LogP contribution in [0.5, 0.6) is 0 Å². The molecule has 0 amide bonds. The zero-order valence-corrected chi connectivity index (χ0v) is 12.0. The Balaban J connectivity index is 2.34. The first-order chi connectivity index (χ1) is 8.39. The summed E-state index contributed by atoms with van der Waals surface area (Å²) >= 11 is 0. The molecular weight excluding hydrogens is 220 g/mol. The van der Waals surface area contributed by atoms with Crippen molar-refractivity contribution in [1.29, 1.82) is 0 Å². The van der Waals surface area contributed by atoms with E-state index in [1.807, 2.05) is 0 Å². The largest absolute Gasteiger partial charge is 0.347 e. The Morgan fingerprint density at radius 3 is 2.67 bits per heavy atom. The topological polar surface area (TPSA) is 17.0 Å². The highest BCUT2D eigenvalue weighted by Gasteiger charge is 2.29. The quantitative estimate of drug-likeness (QED) is 0.750. The minimum absolute atomic E-state index is 0.206. The number of benzene rings is 1. The summed E-state index contributed by atoms with van der Waals surface area (Å²) in [6.45, 7) is 9.97. The Kier molecular flexibility index (Phi) is 2.36. The van der Waals surface area contributed by atoms with Crippen LogP contribution < -0.4 is 5.32 Å². The number of aromatic nitrogens is 1. The number of fused-ring (bicyclic) bond motifs is 3. The van der Waals surface area contributed by atoms with Crippen LogP contribution in [0, 0.1) is 13.8 Å². The number of hydrogen-bond acceptors (Lipinski definition) is 1. The highest BCUT2D eigenvalue weighted by molar-refractivity contribution is 5.89. The third kappa shape index (κ3) is 1.59. The van der Waals surface area contributed by atoms with Crippen molar-refractivity contribution in [3.05, 3.63) is 34.5 Å². The predicted octanol–water partition coefficient (Wildman–Crippen LogP) is 3.22. The van der Waals surface area contributed by atoms with E-state index in [2.05, 4.69) is 56.8 Å². The van der Waals surface area contributed by atoms with Gasteiger partial charge in [-0.1, -0.05) is 6.07 Å². The summed E-state index contributed by atoms with van der Waals surface area (Å²) in [6.07, 6.45) is 1.10. The van der Waals surface area contributed by atoms with E-state index < -0.39 is 0 Å².